The number of nitrogens with zero attached hydrogens (tertiary/aromatic N) is 1. The summed E-state index contributed by atoms with van der Waals surface area (Å²) < 4.78 is 5.15. The maximum atomic E-state index is 12.4. The predicted octanol–water partition coefficient (Wildman–Crippen LogP) is 3.51. The monoisotopic (exact) mass is 412 g/mol. The lowest BCUT2D eigenvalue weighted by Gasteiger charge is -2.17. The van der Waals surface area contributed by atoms with Gasteiger partial charge in [-0.1, -0.05) is 25.1 Å². The van der Waals surface area contributed by atoms with Crippen LogP contribution in [0.5, 0.6) is 0 Å². The number of esters is 1. The molecule has 1 aliphatic heterocycles. The first-order chi connectivity index (χ1) is 14.0. The number of hydrogen-bond donors (Lipinski definition) is 1. The third-order valence-electron chi connectivity index (χ3n) is 4.81. The SMILES string of the molecule is CCc1ccc(NC(=O)COC(=O)[C@H]2CC(=O)N(c3cccc(SC)c3)C2)cc1. The number of anilines is 2. The van der Waals surface area contributed by atoms with Gasteiger partial charge in [0.15, 0.2) is 6.61 Å². The number of ether oxygens (including phenoxy) is 1. The largest absolute Gasteiger partial charge is 0.455 e. The van der Waals surface area contributed by atoms with E-state index in [1.807, 2.05) is 54.8 Å². The van der Waals surface area contributed by atoms with Crippen molar-refractivity contribution in [3.05, 3.63) is 54.1 Å². The lowest BCUT2D eigenvalue weighted by atomic mass is 10.1. The van der Waals surface area contributed by atoms with Gasteiger partial charge in [-0.15, -0.1) is 11.8 Å². The fraction of sp³-hybridized carbons (Fsp3) is 0.318. The van der Waals surface area contributed by atoms with Crippen LogP contribution in [-0.4, -0.2) is 37.2 Å². The van der Waals surface area contributed by atoms with Crippen molar-refractivity contribution in [2.24, 2.45) is 5.92 Å². The second-order valence-corrected chi connectivity index (χ2v) is 7.69. The van der Waals surface area contributed by atoms with Gasteiger partial charge < -0.3 is 15.0 Å². The van der Waals surface area contributed by atoms with Gasteiger partial charge in [-0.3, -0.25) is 14.4 Å². The van der Waals surface area contributed by atoms with Crippen molar-refractivity contribution >= 4 is 40.9 Å². The molecule has 7 heteroatoms. The van der Waals surface area contributed by atoms with E-state index in [1.165, 1.54) is 5.56 Å². The van der Waals surface area contributed by atoms with Crippen LogP contribution in [0.4, 0.5) is 11.4 Å². The molecule has 0 spiro atoms. The molecule has 0 saturated carbocycles. The summed E-state index contributed by atoms with van der Waals surface area (Å²) in [5, 5.41) is 2.70. The number of carbonyl (C=O) groups is 3. The highest BCUT2D eigenvalue weighted by Crippen LogP contribution is 2.28. The van der Waals surface area contributed by atoms with Crippen molar-refractivity contribution in [3.63, 3.8) is 0 Å². The maximum absolute atomic E-state index is 12.4. The molecule has 1 atom stereocenters. The summed E-state index contributed by atoms with van der Waals surface area (Å²) in [7, 11) is 0. The molecule has 0 aliphatic carbocycles. The normalized spacial score (nSPS) is 16.0. The molecule has 1 aliphatic rings. The number of aryl methyl sites for hydroxylation is 1. The number of rotatable bonds is 7. The van der Waals surface area contributed by atoms with Crippen LogP contribution in [0.25, 0.3) is 0 Å². The van der Waals surface area contributed by atoms with Crippen LogP contribution in [0.15, 0.2) is 53.4 Å². The van der Waals surface area contributed by atoms with E-state index in [0.717, 1.165) is 17.0 Å². The predicted molar refractivity (Wildman–Crippen MR) is 114 cm³/mol. The fourth-order valence-electron chi connectivity index (χ4n) is 3.17. The molecule has 0 aromatic heterocycles. The topological polar surface area (TPSA) is 75.7 Å². The third kappa shape index (κ3) is 5.38. The summed E-state index contributed by atoms with van der Waals surface area (Å²) >= 11 is 1.59. The zero-order valence-corrected chi connectivity index (χ0v) is 17.3. The van der Waals surface area contributed by atoms with Gasteiger partial charge in [0.05, 0.1) is 5.92 Å². The van der Waals surface area contributed by atoms with Crippen molar-refractivity contribution in [1.29, 1.82) is 0 Å². The molecule has 0 unspecified atom stereocenters. The average molecular weight is 413 g/mol. The molecule has 0 bridgehead atoms. The average Bonchev–Trinajstić information content (AvgIpc) is 3.14. The van der Waals surface area contributed by atoms with E-state index in [4.69, 9.17) is 4.74 Å². The molecule has 6 nitrogen and oxygen atoms in total. The van der Waals surface area contributed by atoms with E-state index < -0.39 is 17.8 Å². The second-order valence-electron chi connectivity index (χ2n) is 6.81. The first-order valence-electron chi connectivity index (χ1n) is 9.50. The summed E-state index contributed by atoms with van der Waals surface area (Å²) in [4.78, 5) is 39.4. The van der Waals surface area contributed by atoms with Crippen LogP contribution >= 0.6 is 11.8 Å². The van der Waals surface area contributed by atoms with E-state index in [9.17, 15) is 14.4 Å². The molecule has 3 rings (SSSR count). The lowest BCUT2D eigenvalue weighted by molar-refractivity contribution is -0.151. The van der Waals surface area contributed by atoms with Crippen molar-refractivity contribution in [3.8, 4) is 0 Å². The molecule has 29 heavy (non-hydrogen) atoms. The highest BCUT2D eigenvalue weighted by atomic mass is 32.2. The van der Waals surface area contributed by atoms with Crippen LogP contribution < -0.4 is 10.2 Å². The Balaban J connectivity index is 1.51. The molecule has 1 saturated heterocycles. The Morgan fingerprint density at radius 3 is 2.66 bits per heavy atom. The van der Waals surface area contributed by atoms with Gasteiger partial charge in [-0.2, -0.15) is 0 Å². The van der Waals surface area contributed by atoms with Crippen molar-refractivity contribution in [1.82, 2.24) is 0 Å². The Bertz CT molecular complexity index is 898. The van der Waals surface area contributed by atoms with Gasteiger partial charge in [0.1, 0.15) is 0 Å². The fourth-order valence-corrected chi connectivity index (χ4v) is 3.62. The second kappa shape index (κ2) is 9.60. The molecule has 2 aromatic rings. The summed E-state index contributed by atoms with van der Waals surface area (Å²) in [6.45, 7) is 1.94. The standard InChI is InChI=1S/C22H24N2O4S/c1-3-15-7-9-17(10-8-15)23-20(25)14-28-22(27)16-11-21(26)24(13-16)18-5-4-6-19(12-18)29-2/h4-10,12,16H,3,11,13-14H2,1-2H3,(H,23,25)/t16-/m0/s1. The van der Waals surface area contributed by atoms with Crippen molar-refractivity contribution in [2.75, 3.05) is 29.6 Å². The first-order valence-corrected chi connectivity index (χ1v) is 10.7. The molecule has 1 N–H and O–H groups in total. The van der Waals surface area contributed by atoms with Crippen LogP contribution in [0.1, 0.15) is 18.9 Å². The van der Waals surface area contributed by atoms with Crippen molar-refractivity contribution in [2.45, 2.75) is 24.7 Å². The summed E-state index contributed by atoms with van der Waals surface area (Å²) in [6, 6.07) is 15.1. The van der Waals surface area contributed by atoms with Gasteiger partial charge in [0.25, 0.3) is 5.91 Å². The molecule has 0 radical (unpaired) electrons. The van der Waals surface area contributed by atoms with E-state index in [1.54, 1.807) is 16.7 Å². The maximum Gasteiger partial charge on any atom is 0.311 e. The minimum absolute atomic E-state index is 0.0857. The molecule has 1 fully saturated rings. The molecule has 2 amide bonds. The molecule has 2 aromatic carbocycles. The van der Waals surface area contributed by atoms with Crippen LogP contribution in [0.3, 0.4) is 0 Å². The highest BCUT2D eigenvalue weighted by molar-refractivity contribution is 7.98. The molecular formula is C22H24N2O4S. The van der Waals surface area contributed by atoms with Crippen LogP contribution in [-0.2, 0) is 25.5 Å². The highest BCUT2D eigenvalue weighted by Gasteiger charge is 2.36. The number of benzene rings is 2. The van der Waals surface area contributed by atoms with Gasteiger partial charge in [0.2, 0.25) is 5.91 Å². The smallest absolute Gasteiger partial charge is 0.311 e. The molecule has 1 heterocycles. The summed E-state index contributed by atoms with van der Waals surface area (Å²) in [5.74, 6) is -1.63. The minimum atomic E-state index is -0.572. The van der Waals surface area contributed by atoms with Crippen LogP contribution in [0.2, 0.25) is 0 Å². The minimum Gasteiger partial charge on any atom is -0.455 e. The molecule has 152 valence electrons. The first kappa shape index (κ1) is 20.9. The van der Waals surface area contributed by atoms with E-state index in [2.05, 4.69) is 12.2 Å². The Kier molecular flexibility index (Phi) is 6.93. The van der Waals surface area contributed by atoms with Gasteiger partial charge in [0, 0.05) is 29.2 Å². The zero-order valence-electron chi connectivity index (χ0n) is 16.5. The zero-order chi connectivity index (χ0) is 20.8. The Morgan fingerprint density at radius 2 is 1.97 bits per heavy atom. The molecular weight excluding hydrogens is 388 g/mol. The van der Waals surface area contributed by atoms with Gasteiger partial charge in [-0.05, 0) is 48.6 Å². The van der Waals surface area contributed by atoms with E-state index in [0.29, 0.717) is 5.69 Å². The number of carbonyl (C=O) groups excluding carboxylic acids is 3. The van der Waals surface area contributed by atoms with Crippen LogP contribution in [0, 0.1) is 5.92 Å². The third-order valence-corrected chi connectivity index (χ3v) is 5.54. The van der Waals surface area contributed by atoms with E-state index in [-0.39, 0.29) is 25.5 Å². The summed E-state index contributed by atoms with van der Waals surface area (Å²) in [5.41, 5.74) is 2.59. The van der Waals surface area contributed by atoms with E-state index >= 15 is 0 Å². The Labute approximate surface area is 174 Å². The van der Waals surface area contributed by atoms with Gasteiger partial charge in [-0.25, -0.2) is 0 Å². The Morgan fingerprint density at radius 1 is 1.21 bits per heavy atom. The van der Waals surface area contributed by atoms with Crippen molar-refractivity contribution < 1.29 is 19.1 Å². The lowest BCUT2D eigenvalue weighted by Crippen LogP contribution is -2.28. The number of amides is 2. The number of hydrogen-bond acceptors (Lipinski definition) is 5. The number of thioether (sulfide) groups is 1. The summed E-state index contributed by atoms with van der Waals surface area (Å²) in [6.07, 6.45) is 2.97. The number of nitrogens with one attached hydrogen (secondary N) is 1. The van der Waals surface area contributed by atoms with Gasteiger partial charge >= 0.3 is 5.97 Å². The quantitative estimate of drug-likeness (QED) is 0.556. The Hall–Kier alpha value is -2.80.